The van der Waals surface area contributed by atoms with Gasteiger partial charge in [0.05, 0.1) is 6.10 Å². The summed E-state index contributed by atoms with van der Waals surface area (Å²) in [6, 6.07) is 0. The average Bonchev–Trinajstić information content (AvgIpc) is 2.89. The second-order valence-corrected chi connectivity index (χ2v) is 9.82. The number of carbonyl (C=O) groups is 1. The van der Waals surface area contributed by atoms with Crippen LogP contribution in [0.4, 0.5) is 0 Å². The van der Waals surface area contributed by atoms with Crippen molar-refractivity contribution in [1.82, 2.24) is 0 Å². The van der Waals surface area contributed by atoms with Crippen LogP contribution >= 0.6 is 0 Å². The summed E-state index contributed by atoms with van der Waals surface area (Å²) in [6.45, 7) is 2.06. The highest BCUT2D eigenvalue weighted by atomic mass is 16.4. The van der Waals surface area contributed by atoms with Crippen molar-refractivity contribution in [3.63, 3.8) is 0 Å². The average molecular weight is 527 g/mol. The smallest absolute Gasteiger partial charge is 0.303 e. The van der Waals surface area contributed by atoms with Crippen LogP contribution in [0.25, 0.3) is 0 Å². The van der Waals surface area contributed by atoms with Gasteiger partial charge in [-0.2, -0.15) is 0 Å². The number of aliphatic hydroxyl groups is 2. The van der Waals surface area contributed by atoms with Gasteiger partial charge in [-0.1, -0.05) is 138 Å². The lowest BCUT2D eigenvalue weighted by Gasteiger charge is -2.02. The van der Waals surface area contributed by atoms with Crippen molar-refractivity contribution in [3.8, 4) is 11.8 Å². The van der Waals surface area contributed by atoms with Gasteiger partial charge < -0.3 is 15.3 Å². The van der Waals surface area contributed by atoms with Crippen LogP contribution < -0.4 is 0 Å². The fraction of sp³-hybridized carbons (Fsp3) is 0.618. The molecule has 0 saturated heterocycles. The Hall–Kier alpha value is -2.35. The predicted octanol–water partition coefficient (Wildman–Crippen LogP) is 8.62. The molecule has 0 rings (SSSR count). The third-order valence-corrected chi connectivity index (χ3v) is 6.13. The zero-order valence-corrected chi connectivity index (χ0v) is 23.9. The maximum atomic E-state index is 10.5. The van der Waals surface area contributed by atoms with Crippen molar-refractivity contribution in [2.75, 3.05) is 0 Å². The van der Waals surface area contributed by atoms with E-state index in [1.54, 1.807) is 24.3 Å². The Morgan fingerprint density at radius 3 is 1.92 bits per heavy atom. The first-order chi connectivity index (χ1) is 18.6. The molecule has 0 aliphatic carbocycles. The molecule has 0 aromatic rings. The Balaban J connectivity index is 3.55. The molecule has 4 heteroatoms. The molecule has 0 saturated carbocycles. The summed E-state index contributed by atoms with van der Waals surface area (Å²) in [4.78, 5) is 10.5. The number of hydrogen-bond donors (Lipinski definition) is 3. The molecule has 0 spiro atoms. The van der Waals surface area contributed by atoms with Crippen LogP contribution in [0.3, 0.4) is 0 Å². The Labute approximate surface area is 233 Å². The maximum absolute atomic E-state index is 10.5. The molecule has 214 valence electrons. The zero-order valence-electron chi connectivity index (χ0n) is 23.9. The standard InChI is InChI=1S/C34H54O4/c1-2-3-22-27-32(35)29-24-20-21-25-30-33(36)28-23-18-16-14-12-10-8-6-4-5-7-9-11-13-15-17-19-26-31-34(37)38/h3,12,14,18,20-23,25,30,32-33,35-36H,2,4-11,13,15-17,19,26-28,31H2,1H3,(H,37,38)/b14-12-,21-20-,22-3-,23-18-,30-25-. The van der Waals surface area contributed by atoms with Gasteiger partial charge in [0.2, 0.25) is 0 Å². The first kappa shape index (κ1) is 35.6. The molecular formula is C34H54O4. The molecule has 0 aliphatic rings. The second-order valence-electron chi connectivity index (χ2n) is 9.82. The summed E-state index contributed by atoms with van der Waals surface area (Å²) >= 11 is 0. The van der Waals surface area contributed by atoms with E-state index < -0.39 is 18.2 Å². The number of aliphatic carboxylic acids is 1. The lowest BCUT2D eigenvalue weighted by atomic mass is 10.0. The third-order valence-electron chi connectivity index (χ3n) is 6.13. The Kier molecular flexibility index (Phi) is 27.4. The van der Waals surface area contributed by atoms with Crippen LogP contribution in [-0.4, -0.2) is 33.5 Å². The lowest BCUT2D eigenvalue weighted by Crippen LogP contribution is -1.99. The molecule has 0 amide bonds. The van der Waals surface area contributed by atoms with Crippen molar-refractivity contribution in [3.05, 3.63) is 60.8 Å². The molecule has 0 heterocycles. The topological polar surface area (TPSA) is 77.8 Å². The number of rotatable bonds is 24. The van der Waals surface area contributed by atoms with Crippen LogP contribution in [0.1, 0.15) is 122 Å². The quantitative estimate of drug-likeness (QED) is 0.0509. The zero-order chi connectivity index (χ0) is 27.9. The summed E-state index contributed by atoms with van der Waals surface area (Å²) in [5.41, 5.74) is 0. The second kappa shape index (κ2) is 29.2. The van der Waals surface area contributed by atoms with Gasteiger partial charge in [-0.15, -0.1) is 0 Å². The largest absolute Gasteiger partial charge is 0.481 e. The van der Waals surface area contributed by atoms with E-state index in [4.69, 9.17) is 5.11 Å². The van der Waals surface area contributed by atoms with Gasteiger partial charge in [0.15, 0.2) is 0 Å². The highest BCUT2D eigenvalue weighted by Crippen LogP contribution is 2.13. The van der Waals surface area contributed by atoms with Crippen molar-refractivity contribution in [2.45, 2.75) is 135 Å². The van der Waals surface area contributed by atoms with Crippen molar-refractivity contribution >= 4 is 5.97 Å². The number of unbranched alkanes of at least 4 members (excludes halogenated alkanes) is 12. The van der Waals surface area contributed by atoms with E-state index in [2.05, 4.69) is 37.0 Å². The van der Waals surface area contributed by atoms with Crippen molar-refractivity contribution in [1.29, 1.82) is 0 Å². The highest BCUT2D eigenvalue weighted by molar-refractivity contribution is 5.66. The number of allylic oxidation sites excluding steroid dienone is 7. The molecule has 2 atom stereocenters. The van der Waals surface area contributed by atoms with E-state index in [-0.39, 0.29) is 0 Å². The Morgan fingerprint density at radius 1 is 0.711 bits per heavy atom. The van der Waals surface area contributed by atoms with Gasteiger partial charge >= 0.3 is 5.97 Å². The van der Waals surface area contributed by atoms with E-state index in [0.29, 0.717) is 19.3 Å². The number of hydrogen-bond acceptors (Lipinski definition) is 3. The maximum Gasteiger partial charge on any atom is 0.303 e. The summed E-state index contributed by atoms with van der Waals surface area (Å²) in [5.74, 6) is 4.90. The fourth-order valence-corrected chi connectivity index (χ4v) is 3.90. The van der Waals surface area contributed by atoms with E-state index in [1.807, 2.05) is 18.2 Å². The van der Waals surface area contributed by atoms with Crippen LogP contribution in [0.2, 0.25) is 0 Å². The molecule has 0 bridgehead atoms. The van der Waals surface area contributed by atoms with E-state index in [0.717, 1.165) is 32.1 Å². The van der Waals surface area contributed by atoms with Crippen LogP contribution in [0.5, 0.6) is 0 Å². The van der Waals surface area contributed by atoms with Crippen LogP contribution in [0.15, 0.2) is 60.8 Å². The number of carboxylic acids is 1. The monoisotopic (exact) mass is 526 g/mol. The minimum atomic E-state index is -0.674. The van der Waals surface area contributed by atoms with Gasteiger partial charge in [-0.25, -0.2) is 0 Å². The normalized spacial score (nSPS) is 13.8. The lowest BCUT2D eigenvalue weighted by molar-refractivity contribution is -0.137. The van der Waals surface area contributed by atoms with E-state index in [1.165, 1.54) is 64.2 Å². The molecular weight excluding hydrogens is 472 g/mol. The summed E-state index contributed by atoms with van der Waals surface area (Å²) in [7, 11) is 0. The predicted molar refractivity (Wildman–Crippen MR) is 162 cm³/mol. The molecule has 3 N–H and O–H groups in total. The summed E-state index contributed by atoms with van der Waals surface area (Å²) in [5, 5.41) is 28.3. The first-order valence-corrected chi connectivity index (χ1v) is 14.9. The fourth-order valence-electron chi connectivity index (χ4n) is 3.90. The van der Waals surface area contributed by atoms with E-state index >= 15 is 0 Å². The molecule has 0 fully saturated rings. The Bertz CT molecular complexity index is 748. The van der Waals surface area contributed by atoms with Crippen molar-refractivity contribution in [2.24, 2.45) is 0 Å². The number of carboxylic acid groups (broad SMARTS) is 1. The van der Waals surface area contributed by atoms with Crippen LogP contribution in [0, 0.1) is 11.8 Å². The molecule has 0 aliphatic heterocycles. The Morgan fingerprint density at radius 2 is 1.29 bits per heavy atom. The van der Waals surface area contributed by atoms with Gasteiger partial charge in [0.1, 0.15) is 6.10 Å². The molecule has 38 heavy (non-hydrogen) atoms. The highest BCUT2D eigenvalue weighted by Gasteiger charge is 1.97. The molecule has 0 aromatic heterocycles. The molecule has 0 radical (unpaired) electrons. The molecule has 4 nitrogen and oxygen atoms in total. The van der Waals surface area contributed by atoms with E-state index in [9.17, 15) is 15.0 Å². The minimum absolute atomic E-state index is 0.318. The number of aliphatic hydroxyl groups excluding tert-OH is 2. The summed E-state index contributed by atoms with van der Waals surface area (Å²) in [6.07, 6.45) is 37.7. The molecule has 2 unspecified atom stereocenters. The molecule has 0 aromatic carbocycles. The SMILES string of the molecule is CC/C=C\CC(O)C#C/C=C\C=C/C(O)C/C=C\C/C=C\CCCCCCCCCCCCCCC(=O)O. The third kappa shape index (κ3) is 29.9. The summed E-state index contributed by atoms with van der Waals surface area (Å²) < 4.78 is 0. The van der Waals surface area contributed by atoms with Gasteiger partial charge in [0.25, 0.3) is 0 Å². The van der Waals surface area contributed by atoms with Gasteiger partial charge in [0, 0.05) is 12.8 Å². The van der Waals surface area contributed by atoms with Gasteiger partial charge in [-0.3, -0.25) is 4.79 Å². The first-order valence-electron chi connectivity index (χ1n) is 14.9. The van der Waals surface area contributed by atoms with Gasteiger partial charge in [-0.05, 0) is 44.6 Å². The minimum Gasteiger partial charge on any atom is -0.481 e. The van der Waals surface area contributed by atoms with Crippen molar-refractivity contribution < 1.29 is 20.1 Å². The van der Waals surface area contributed by atoms with Crippen LogP contribution in [-0.2, 0) is 4.79 Å².